The molecule has 1 heterocycles. The standard InChI is InChI=1S/C11H19N3/c1-4-6-11(2)9-13(3)10-14-8-5-7-12-14/h6,9,12H,1,5,7-8,10H2,2-3H3/b11-9-. The summed E-state index contributed by atoms with van der Waals surface area (Å²) in [7, 11) is 2.07. The molecule has 78 valence electrons. The van der Waals surface area contributed by atoms with Gasteiger partial charge in [0.1, 0.15) is 0 Å². The van der Waals surface area contributed by atoms with E-state index >= 15 is 0 Å². The molecule has 0 unspecified atom stereocenters. The fourth-order valence-corrected chi connectivity index (χ4v) is 1.56. The largest absolute Gasteiger partial charge is 0.366 e. The quantitative estimate of drug-likeness (QED) is 0.537. The topological polar surface area (TPSA) is 18.5 Å². The number of rotatable bonds is 4. The van der Waals surface area contributed by atoms with E-state index in [0.717, 1.165) is 19.8 Å². The molecular formula is C11H19N3. The summed E-state index contributed by atoms with van der Waals surface area (Å²) in [5, 5.41) is 2.22. The maximum Gasteiger partial charge on any atom is 0.0830 e. The zero-order chi connectivity index (χ0) is 10.4. The highest BCUT2D eigenvalue weighted by molar-refractivity contribution is 5.13. The summed E-state index contributed by atoms with van der Waals surface area (Å²) >= 11 is 0. The fraction of sp³-hybridized carbons (Fsp3) is 0.545. The molecule has 0 spiro atoms. The highest BCUT2D eigenvalue weighted by Gasteiger charge is 2.10. The molecule has 1 aliphatic heterocycles. The van der Waals surface area contributed by atoms with Gasteiger partial charge in [-0.05, 0) is 25.0 Å². The molecule has 1 rings (SSSR count). The summed E-state index contributed by atoms with van der Waals surface area (Å²) < 4.78 is 0. The van der Waals surface area contributed by atoms with Gasteiger partial charge in [-0.15, -0.1) is 5.73 Å². The molecule has 1 N–H and O–H groups in total. The van der Waals surface area contributed by atoms with Crippen molar-refractivity contribution in [2.24, 2.45) is 0 Å². The Labute approximate surface area is 86.4 Å². The number of allylic oxidation sites excluding steroid dienone is 2. The third-order valence-corrected chi connectivity index (χ3v) is 2.09. The lowest BCUT2D eigenvalue weighted by molar-refractivity contribution is 0.172. The zero-order valence-electron chi connectivity index (χ0n) is 9.08. The van der Waals surface area contributed by atoms with Crippen molar-refractivity contribution in [3.8, 4) is 0 Å². The Bertz CT molecular complexity index is 245. The van der Waals surface area contributed by atoms with Crippen LogP contribution in [0.2, 0.25) is 0 Å². The minimum absolute atomic E-state index is 0.919. The van der Waals surface area contributed by atoms with Gasteiger partial charge >= 0.3 is 0 Å². The minimum Gasteiger partial charge on any atom is -0.366 e. The Kier molecular flexibility index (Phi) is 4.47. The molecule has 1 aliphatic rings. The monoisotopic (exact) mass is 193 g/mol. The van der Waals surface area contributed by atoms with Gasteiger partial charge in [-0.1, -0.05) is 6.58 Å². The van der Waals surface area contributed by atoms with Crippen LogP contribution in [0.1, 0.15) is 13.3 Å². The van der Waals surface area contributed by atoms with Gasteiger partial charge in [0, 0.05) is 26.3 Å². The van der Waals surface area contributed by atoms with Gasteiger partial charge in [0.2, 0.25) is 0 Å². The molecule has 0 atom stereocenters. The highest BCUT2D eigenvalue weighted by Crippen LogP contribution is 2.00. The normalized spacial score (nSPS) is 18.0. The van der Waals surface area contributed by atoms with Gasteiger partial charge in [-0.2, -0.15) is 0 Å². The summed E-state index contributed by atoms with van der Waals surface area (Å²) in [6, 6.07) is 0. The number of nitrogens with zero attached hydrogens (tertiary/aromatic N) is 2. The smallest absolute Gasteiger partial charge is 0.0830 e. The average Bonchev–Trinajstić information content (AvgIpc) is 2.56. The molecule has 0 aromatic heterocycles. The summed E-state index contributed by atoms with van der Waals surface area (Å²) in [5.41, 5.74) is 7.25. The first-order valence-corrected chi connectivity index (χ1v) is 4.95. The van der Waals surface area contributed by atoms with Crippen LogP contribution in [0.25, 0.3) is 0 Å². The van der Waals surface area contributed by atoms with Gasteiger partial charge in [-0.25, -0.2) is 5.01 Å². The molecule has 0 saturated carbocycles. The van der Waals surface area contributed by atoms with Gasteiger partial charge in [0.25, 0.3) is 0 Å². The van der Waals surface area contributed by atoms with Crippen molar-refractivity contribution in [2.75, 3.05) is 26.8 Å². The van der Waals surface area contributed by atoms with Crippen molar-refractivity contribution in [3.05, 3.63) is 30.2 Å². The summed E-state index contributed by atoms with van der Waals surface area (Å²) in [6.45, 7) is 8.75. The number of nitrogens with one attached hydrogen (secondary N) is 1. The lowest BCUT2D eigenvalue weighted by Gasteiger charge is -2.22. The first kappa shape index (κ1) is 11.1. The van der Waals surface area contributed by atoms with E-state index in [9.17, 15) is 0 Å². The Morgan fingerprint density at radius 1 is 1.71 bits per heavy atom. The molecule has 0 radical (unpaired) electrons. The van der Waals surface area contributed by atoms with E-state index in [-0.39, 0.29) is 0 Å². The van der Waals surface area contributed by atoms with Crippen LogP contribution in [0.3, 0.4) is 0 Å². The predicted molar refractivity (Wildman–Crippen MR) is 59.4 cm³/mol. The second-order valence-electron chi connectivity index (χ2n) is 3.65. The number of hydrazine groups is 1. The third kappa shape index (κ3) is 3.79. The first-order chi connectivity index (χ1) is 6.72. The zero-order valence-corrected chi connectivity index (χ0v) is 9.08. The molecule has 0 aromatic carbocycles. The molecule has 14 heavy (non-hydrogen) atoms. The molecule has 3 nitrogen and oxygen atoms in total. The van der Waals surface area contributed by atoms with E-state index in [1.807, 2.05) is 13.0 Å². The highest BCUT2D eigenvalue weighted by atomic mass is 15.6. The third-order valence-electron chi connectivity index (χ3n) is 2.09. The second-order valence-corrected chi connectivity index (χ2v) is 3.65. The maximum absolute atomic E-state index is 3.55. The van der Waals surface area contributed by atoms with E-state index in [1.165, 1.54) is 12.0 Å². The number of hydrogen-bond donors (Lipinski definition) is 1. The van der Waals surface area contributed by atoms with E-state index in [1.54, 1.807) is 0 Å². The molecular weight excluding hydrogens is 174 g/mol. The van der Waals surface area contributed by atoms with Gasteiger partial charge in [-0.3, -0.25) is 5.43 Å². The predicted octanol–water partition coefficient (Wildman–Crippen LogP) is 1.33. The summed E-state index contributed by atoms with van der Waals surface area (Å²) in [6.07, 6.45) is 5.22. The van der Waals surface area contributed by atoms with Crippen LogP contribution in [0.15, 0.2) is 30.2 Å². The molecule has 1 fully saturated rings. The van der Waals surface area contributed by atoms with Crippen LogP contribution >= 0.6 is 0 Å². The molecule has 0 aliphatic carbocycles. The molecule has 0 bridgehead atoms. The van der Waals surface area contributed by atoms with Crippen LogP contribution in [-0.2, 0) is 0 Å². The van der Waals surface area contributed by atoms with Gasteiger partial charge in [0.15, 0.2) is 0 Å². The molecule has 3 heteroatoms. The minimum atomic E-state index is 0.919. The molecule has 0 aromatic rings. The van der Waals surface area contributed by atoms with E-state index in [2.05, 4.69) is 40.9 Å². The van der Waals surface area contributed by atoms with Crippen LogP contribution in [-0.4, -0.2) is 36.7 Å². The van der Waals surface area contributed by atoms with Crippen molar-refractivity contribution in [3.63, 3.8) is 0 Å². The van der Waals surface area contributed by atoms with Crippen molar-refractivity contribution in [2.45, 2.75) is 13.3 Å². The second kappa shape index (κ2) is 5.66. The number of hydrogen-bond acceptors (Lipinski definition) is 3. The summed E-state index contributed by atoms with van der Waals surface area (Å²) in [5.74, 6) is 0. The van der Waals surface area contributed by atoms with Gasteiger partial charge < -0.3 is 4.90 Å². The molecule has 1 saturated heterocycles. The molecule has 0 amide bonds. The van der Waals surface area contributed by atoms with E-state index < -0.39 is 0 Å². The lowest BCUT2D eigenvalue weighted by Crippen LogP contribution is -2.38. The average molecular weight is 193 g/mol. The summed E-state index contributed by atoms with van der Waals surface area (Å²) in [4.78, 5) is 2.15. The van der Waals surface area contributed by atoms with Crippen LogP contribution < -0.4 is 5.43 Å². The van der Waals surface area contributed by atoms with Crippen molar-refractivity contribution < 1.29 is 0 Å². The SMILES string of the molecule is C=C=C/C(C)=C\N(C)CN1CCCN1. The Balaban J connectivity index is 2.36. The lowest BCUT2D eigenvalue weighted by atomic mass is 10.3. The maximum atomic E-state index is 3.55. The van der Waals surface area contributed by atoms with Crippen LogP contribution in [0.4, 0.5) is 0 Å². The van der Waals surface area contributed by atoms with Crippen LogP contribution in [0.5, 0.6) is 0 Å². The van der Waals surface area contributed by atoms with E-state index in [0.29, 0.717) is 0 Å². The Morgan fingerprint density at radius 3 is 3.07 bits per heavy atom. The van der Waals surface area contributed by atoms with Crippen molar-refractivity contribution in [1.82, 2.24) is 15.3 Å². The van der Waals surface area contributed by atoms with Crippen LogP contribution in [0, 0.1) is 0 Å². The fourth-order valence-electron chi connectivity index (χ4n) is 1.56. The van der Waals surface area contributed by atoms with Gasteiger partial charge in [0.05, 0.1) is 6.67 Å². The van der Waals surface area contributed by atoms with Crippen molar-refractivity contribution in [1.29, 1.82) is 0 Å². The van der Waals surface area contributed by atoms with E-state index in [4.69, 9.17) is 0 Å². The Hall–Kier alpha value is -1.02. The van der Waals surface area contributed by atoms with Crippen molar-refractivity contribution >= 4 is 0 Å². The first-order valence-electron chi connectivity index (χ1n) is 4.95. The Morgan fingerprint density at radius 2 is 2.50 bits per heavy atom.